The first-order valence-electron chi connectivity index (χ1n) is 3.28. The number of nitrogen functional groups attached to an aromatic ring is 2. The van der Waals surface area contributed by atoms with E-state index < -0.39 is 5.91 Å². The molecule has 0 aliphatic carbocycles. The van der Waals surface area contributed by atoms with Crippen molar-refractivity contribution >= 4 is 40.5 Å². The molecule has 0 aliphatic rings. The van der Waals surface area contributed by atoms with Crippen LogP contribution in [0.2, 0.25) is 10.0 Å². The minimum Gasteiger partial charge on any atom is -0.397 e. The maximum absolute atomic E-state index is 10.8. The standard InChI is InChI=1S/C7H7Cl2N3O/c8-4-2(7(12)13)1-3(10)5(9)6(4)11/h1H,10-11H2,(H2,12,13). The van der Waals surface area contributed by atoms with E-state index in [1.807, 2.05) is 0 Å². The Morgan fingerprint density at radius 3 is 2.23 bits per heavy atom. The molecule has 0 aromatic heterocycles. The van der Waals surface area contributed by atoms with Crippen molar-refractivity contribution in [3.8, 4) is 0 Å². The van der Waals surface area contributed by atoms with Crippen LogP contribution in [0.25, 0.3) is 0 Å². The molecule has 0 aliphatic heterocycles. The van der Waals surface area contributed by atoms with E-state index in [-0.39, 0.29) is 27.0 Å². The fourth-order valence-corrected chi connectivity index (χ4v) is 1.30. The van der Waals surface area contributed by atoms with Crippen LogP contribution in [0.15, 0.2) is 6.07 Å². The van der Waals surface area contributed by atoms with Gasteiger partial charge in [-0.3, -0.25) is 4.79 Å². The number of carbonyl (C=O) groups is 1. The Labute approximate surface area is 84.6 Å². The van der Waals surface area contributed by atoms with Gasteiger partial charge in [0.1, 0.15) is 0 Å². The van der Waals surface area contributed by atoms with Crippen LogP contribution in [0.4, 0.5) is 11.4 Å². The lowest BCUT2D eigenvalue weighted by Gasteiger charge is -2.07. The normalized spacial score (nSPS) is 10.0. The Bertz CT molecular complexity index is 378. The number of anilines is 2. The molecule has 0 heterocycles. The van der Waals surface area contributed by atoms with Gasteiger partial charge in [0.25, 0.3) is 0 Å². The van der Waals surface area contributed by atoms with E-state index in [1.165, 1.54) is 6.07 Å². The lowest BCUT2D eigenvalue weighted by atomic mass is 10.1. The van der Waals surface area contributed by atoms with Gasteiger partial charge in [-0.2, -0.15) is 0 Å². The number of halogens is 2. The molecule has 0 saturated carbocycles. The summed E-state index contributed by atoms with van der Waals surface area (Å²) in [5.41, 5.74) is 16.3. The van der Waals surface area contributed by atoms with E-state index in [2.05, 4.69) is 0 Å². The average Bonchev–Trinajstić information content (AvgIpc) is 2.07. The summed E-state index contributed by atoms with van der Waals surface area (Å²) >= 11 is 11.4. The molecule has 1 aromatic carbocycles. The van der Waals surface area contributed by atoms with Gasteiger partial charge < -0.3 is 17.2 Å². The van der Waals surface area contributed by atoms with Crippen LogP contribution < -0.4 is 17.2 Å². The predicted molar refractivity (Wildman–Crippen MR) is 53.8 cm³/mol. The molecule has 1 amide bonds. The van der Waals surface area contributed by atoms with Gasteiger partial charge in [-0.1, -0.05) is 23.2 Å². The minimum absolute atomic E-state index is 0.0340. The minimum atomic E-state index is -0.694. The smallest absolute Gasteiger partial charge is 0.250 e. The number of amides is 1. The summed E-state index contributed by atoms with van der Waals surface area (Å²) in [5.74, 6) is -0.694. The molecule has 0 radical (unpaired) electrons. The topological polar surface area (TPSA) is 95.1 Å². The molecule has 0 spiro atoms. The summed E-state index contributed by atoms with van der Waals surface area (Å²) < 4.78 is 0. The van der Waals surface area contributed by atoms with Crippen molar-refractivity contribution in [2.45, 2.75) is 0 Å². The number of carbonyl (C=O) groups excluding carboxylic acids is 1. The number of primary amides is 1. The van der Waals surface area contributed by atoms with Gasteiger partial charge in [-0.05, 0) is 6.07 Å². The first-order valence-corrected chi connectivity index (χ1v) is 4.03. The zero-order chi connectivity index (χ0) is 10.2. The Morgan fingerprint density at radius 2 is 1.77 bits per heavy atom. The molecule has 1 aromatic rings. The lowest BCUT2D eigenvalue weighted by Crippen LogP contribution is -2.13. The van der Waals surface area contributed by atoms with Crippen LogP contribution >= 0.6 is 23.2 Å². The molecule has 0 bridgehead atoms. The van der Waals surface area contributed by atoms with Crippen LogP contribution in [0, 0.1) is 0 Å². The summed E-state index contributed by atoms with van der Waals surface area (Å²) in [7, 11) is 0. The summed E-state index contributed by atoms with van der Waals surface area (Å²) in [5, 5.41) is 0.168. The van der Waals surface area contributed by atoms with Crippen molar-refractivity contribution in [2.24, 2.45) is 5.73 Å². The van der Waals surface area contributed by atoms with Crippen LogP contribution in [0.5, 0.6) is 0 Å². The summed E-state index contributed by atoms with van der Waals surface area (Å²) in [6.07, 6.45) is 0. The van der Waals surface area contributed by atoms with Gasteiger partial charge in [-0.15, -0.1) is 0 Å². The van der Waals surface area contributed by atoms with Crippen molar-refractivity contribution in [3.05, 3.63) is 21.7 Å². The molecule has 6 N–H and O–H groups in total. The highest BCUT2D eigenvalue weighted by molar-refractivity contribution is 6.42. The number of benzene rings is 1. The molecule has 1 rings (SSSR count). The maximum Gasteiger partial charge on any atom is 0.250 e. The third-order valence-corrected chi connectivity index (χ3v) is 2.36. The quantitative estimate of drug-likeness (QED) is 0.621. The first kappa shape index (κ1) is 9.95. The summed E-state index contributed by atoms with van der Waals surface area (Å²) in [6.45, 7) is 0. The Balaban J connectivity index is 3.50. The van der Waals surface area contributed by atoms with Gasteiger partial charge in [0.05, 0.1) is 27.0 Å². The van der Waals surface area contributed by atoms with Crippen molar-refractivity contribution in [2.75, 3.05) is 11.5 Å². The first-order chi connectivity index (χ1) is 5.95. The second-order valence-corrected chi connectivity index (χ2v) is 3.18. The molecule has 6 heteroatoms. The number of hydrogen-bond acceptors (Lipinski definition) is 3. The summed E-state index contributed by atoms with van der Waals surface area (Å²) in [6, 6.07) is 1.30. The highest BCUT2D eigenvalue weighted by Gasteiger charge is 2.14. The van der Waals surface area contributed by atoms with Gasteiger partial charge in [0, 0.05) is 0 Å². The average molecular weight is 220 g/mol. The molecule has 4 nitrogen and oxygen atoms in total. The fourth-order valence-electron chi connectivity index (χ4n) is 0.858. The van der Waals surface area contributed by atoms with Crippen LogP contribution in [-0.4, -0.2) is 5.91 Å². The van der Waals surface area contributed by atoms with Crippen molar-refractivity contribution in [3.63, 3.8) is 0 Å². The van der Waals surface area contributed by atoms with Gasteiger partial charge in [0.15, 0.2) is 0 Å². The molecular formula is C7H7Cl2N3O. The Hall–Kier alpha value is -1.13. The number of rotatable bonds is 1. The second kappa shape index (κ2) is 3.32. The predicted octanol–water partition coefficient (Wildman–Crippen LogP) is 1.26. The molecule has 13 heavy (non-hydrogen) atoms. The molecule has 0 saturated heterocycles. The van der Waals surface area contributed by atoms with Crippen molar-refractivity contribution < 1.29 is 4.79 Å². The highest BCUT2D eigenvalue weighted by Crippen LogP contribution is 2.35. The number of nitrogens with two attached hydrogens (primary N) is 3. The van der Waals surface area contributed by atoms with Gasteiger partial charge >= 0.3 is 0 Å². The maximum atomic E-state index is 10.8. The molecule has 0 fully saturated rings. The third kappa shape index (κ3) is 1.64. The SMILES string of the molecule is NC(=O)c1cc(N)c(Cl)c(N)c1Cl. The molecule has 0 unspecified atom stereocenters. The Morgan fingerprint density at radius 1 is 1.23 bits per heavy atom. The van der Waals surface area contributed by atoms with Crippen molar-refractivity contribution in [1.82, 2.24) is 0 Å². The van der Waals surface area contributed by atoms with Crippen LogP contribution in [0.3, 0.4) is 0 Å². The summed E-state index contributed by atoms with van der Waals surface area (Å²) in [4.78, 5) is 10.8. The monoisotopic (exact) mass is 219 g/mol. The van der Waals surface area contributed by atoms with Crippen molar-refractivity contribution in [1.29, 1.82) is 0 Å². The molecular weight excluding hydrogens is 213 g/mol. The largest absolute Gasteiger partial charge is 0.397 e. The van der Waals surface area contributed by atoms with E-state index in [1.54, 1.807) is 0 Å². The Kier molecular flexibility index (Phi) is 2.54. The van der Waals surface area contributed by atoms with E-state index >= 15 is 0 Å². The van der Waals surface area contributed by atoms with E-state index in [0.29, 0.717) is 0 Å². The highest BCUT2D eigenvalue weighted by atomic mass is 35.5. The van der Waals surface area contributed by atoms with Gasteiger partial charge in [-0.25, -0.2) is 0 Å². The number of hydrogen-bond donors (Lipinski definition) is 3. The molecule has 0 atom stereocenters. The van der Waals surface area contributed by atoms with Crippen LogP contribution in [0.1, 0.15) is 10.4 Å². The van der Waals surface area contributed by atoms with E-state index in [0.717, 1.165) is 0 Å². The van der Waals surface area contributed by atoms with E-state index in [4.69, 9.17) is 40.4 Å². The second-order valence-electron chi connectivity index (χ2n) is 2.42. The zero-order valence-corrected chi connectivity index (χ0v) is 7.99. The molecule has 70 valence electrons. The van der Waals surface area contributed by atoms with E-state index in [9.17, 15) is 4.79 Å². The fraction of sp³-hybridized carbons (Fsp3) is 0. The van der Waals surface area contributed by atoms with Gasteiger partial charge in [0.2, 0.25) is 5.91 Å². The lowest BCUT2D eigenvalue weighted by molar-refractivity contribution is 0.100. The third-order valence-electron chi connectivity index (χ3n) is 1.53. The van der Waals surface area contributed by atoms with Crippen LogP contribution in [-0.2, 0) is 0 Å². The zero-order valence-electron chi connectivity index (χ0n) is 6.47.